The second-order valence-electron chi connectivity index (χ2n) is 1.64. The summed E-state index contributed by atoms with van der Waals surface area (Å²) in [5.41, 5.74) is 0.658. The van der Waals surface area contributed by atoms with E-state index in [1.165, 1.54) is 0 Å². The summed E-state index contributed by atoms with van der Waals surface area (Å²) in [7, 11) is 0. The van der Waals surface area contributed by atoms with Gasteiger partial charge in [-0.2, -0.15) is 5.26 Å². The molecule has 0 bridgehead atoms. The zero-order valence-corrected chi connectivity index (χ0v) is 6.22. The van der Waals surface area contributed by atoms with Crippen molar-refractivity contribution in [3.8, 4) is 6.07 Å². The molecule has 0 saturated carbocycles. The van der Waals surface area contributed by atoms with Crippen LogP contribution in [0.2, 0.25) is 0 Å². The van der Waals surface area contributed by atoms with Crippen LogP contribution in [0.3, 0.4) is 0 Å². The Kier molecular flexibility index (Phi) is 1.91. The second kappa shape index (κ2) is 2.70. The van der Waals surface area contributed by atoms with Gasteiger partial charge < -0.3 is 5.32 Å². The summed E-state index contributed by atoms with van der Waals surface area (Å²) >= 11 is 3.29. The van der Waals surface area contributed by atoms with Crippen molar-refractivity contribution in [3.05, 3.63) is 23.9 Å². The lowest BCUT2D eigenvalue weighted by molar-refractivity contribution is 0.919. The lowest BCUT2D eigenvalue weighted by atomic mass is 10.2. The average Bonchev–Trinajstić information content (AvgIpc) is 1.90. The minimum Gasteiger partial charge on any atom is -0.374 e. The highest BCUT2D eigenvalue weighted by Gasteiger charge is 2.00. The Morgan fingerprint density at radius 2 is 2.56 bits per heavy atom. The highest BCUT2D eigenvalue weighted by atomic mass is 79.9. The fraction of sp³-hybridized carbons (Fsp3) is 0.167. The Morgan fingerprint density at radius 1 is 1.78 bits per heavy atom. The summed E-state index contributed by atoms with van der Waals surface area (Å²) in [6.45, 7) is 0. The van der Waals surface area contributed by atoms with Crippen molar-refractivity contribution in [2.75, 3.05) is 0 Å². The lowest BCUT2D eigenvalue weighted by Gasteiger charge is -2.07. The van der Waals surface area contributed by atoms with E-state index in [-0.39, 0.29) is 4.95 Å². The molecule has 0 saturated heterocycles. The van der Waals surface area contributed by atoms with Crippen molar-refractivity contribution in [1.29, 1.82) is 5.26 Å². The zero-order chi connectivity index (χ0) is 6.69. The summed E-state index contributed by atoms with van der Waals surface area (Å²) in [4.78, 5) is 0.176. The van der Waals surface area contributed by atoms with Crippen molar-refractivity contribution in [3.63, 3.8) is 0 Å². The first-order valence-electron chi connectivity index (χ1n) is 2.51. The molecule has 1 atom stereocenters. The van der Waals surface area contributed by atoms with Gasteiger partial charge in [0.1, 0.15) is 11.0 Å². The molecule has 0 spiro atoms. The molecule has 0 aromatic carbocycles. The van der Waals surface area contributed by atoms with Crippen molar-refractivity contribution in [2.45, 2.75) is 4.95 Å². The van der Waals surface area contributed by atoms with Gasteiger partial charge in [-0.25, -0.2) is 0 Å². The largest absolute Gasteiger partial charge is 0.374 e. The van der Waals surface area contributed by atoms with Gasteiger partial charge in [-0.1, -0.05) is 22.0 Å². The molecule has 3 heteroatoms. The van der Waals surface area contributed by atoms with Crippen molar-refractivity contribution in [2.24, 2.45) is 0 Å². The summed E-state index contributed by atoms with van der Waals surface area (Å²) in [5.74, 6) is 0. The maximum absolute atomic E-state index is 8.35. The molecular formula is C6H5BrN2. The SMILES string of the molecule is N#CC1=CNC(Br)C=C1. The topological polar surface area (TPSA) is 35.8 Å². The summed E-state index contributed by atoms with van der Waals surface area (Å²) in [6.07, 6.45) is 5.33. The van der Waals surface area contributed by atoms with Crippen LogP contribution in [0.15, 0.2) is 23.9 Å². The molecule has 0 aliphatic carbocycles. The van der Waals surface area contributed by atoms with Gasteiger partial charge in [-0.3, -0.25) is 0 Å². The van der Waals surface area contributed by atoms with E-state index in [0.717, 1.165) is 0 Å². The quantitative estimate of drug-likeness (QED) is 0.455. The Bertz CT molecular complexity index is 200. The minimum atomic E-state index is 0.176. The molecule has 1 aliphatic rings. The van der Waals surface area contributed by atoms with E-state index in [0.29, 0.717) is 5.57 Å². The summed E-state index contributed by atoms with van der Waals surface area (Å²) in [5, 5.41) is 11.3. The van der Waals surface area contributed by atoms with Gasteiger partial charge in [-0.15, -0.1) is 0 Å². The van der Waals surface area contributed by atoms with Crippen LogP contribution in [0.5, 0.6) is 0 Å². The zero-order valence-electron chi connectivity index (χ0n) is 4.63. The van der Waals surface area contributed by atoms with Gasteiger partial charge in [0, 0.05) is 6.20 Å². The molecule has 9 heavy (non-hydrogen) atoms. The van der Waals surface area contributed by atoms with Crippen LogP contribution in [0, 0.1) is 11.3 Å². The third-order valence-corrected chi connectivity index (χ3v) is 1.54. The van der Waals surface area contributed by atoms with E-state index in [2.05, 4.69) is 21.2 Å². The molecule has 1 N–H and O–H groups in total. The van der Waals surface area contributed by atoms with Crippen LogP contribution in [0.25, 0.3) is 0 Å². The van der Waals surface area contributed by atoms with Crippen molar-refractivity contribution >= 4 is 15.9 Å². The van der Waals surface area contributed by atoms with Gasteiger partial charge in [0.15, 0.2) is 0 Å². The lowest BCUT2D eigenvalue weighted by Crippen LogP contribution is -2.17. The monoisotopic (exact) mass is 184 g/mol. The van der Waals surface area contributed by atoms with Gasteiger partial charge >= 0.3 is 0 Å². The first-order chi connectivity index (χ1) is 4.33. The van der Waals surface area contributed by atoms with Gasteiger partial charge in [0.05, 0.1) is 5.57 Å². The maximum Gasteiger partial charge on any atom is 0.101 e. The van der Waals surface area contributed by atoms with Crippen LogP contribution in [-0.2, 0) is 0 Å². The fourth-order valence-corrected chi connectivity index (χ4v) is 0.816. The predicted molar refractivity (Wildman–Crippen MR) is 38.7 cm³/mol. The smallest absolute Gasteiger partial charge is 0.101 e. The van der Waals surface area contributed by atoms with Gasteiger partial charge in [0.25, 0.3) is 0 Å². The third-order valence-electron chi connectivity index (χ3n) is 0.972. The van der Waals surface area contributed by atoms with Crippen LogP contribution in [0.4, 0.5) is 0 Å². The van der Waals surface area contributed by atoms with Crippen LogP contribution < -0.4 is 5.32 Å². The number of nitrogens with one attached hydrogen (secondary N) is 1. The molecule has 1 heterocycles. The van der Waals surface area contributed by atoms with Gasteiger partial charge in [-0.05, 0) is 6.08 Å². The number of halogens is 1. The van der Waals surface area contributed by atoms with Crippen LogP contribution in [-0.4, -0.2) is 4.95 Å². The molecule has 0 fully saturated rings. The maximum atomic E-state index is 8.35. The fourth-order valence-electron chi connectivity index (χ4n) is 0.531. The third kappa shape index (κ3) is 1.58. The highest BCUT2D eigenvalue weighted by molar-refractivity contribution is 9.09. The molecule has 1 unspecified atom stereocenters. The van der Waals surface area contributed by atoms with E-state index in [9.17, 15) is 0 Å². The molecule has 46 valence electrons. The molecule has 0 amide bonds. The molecule has 0 aromatic heterocycles. The minimum absolute atomic E-state index is 0.176. The van der Waals surface area contributed by atoms with E-state index < -0.39 is 0 Å². The predicted octanol–water partition coefficient (Wildman–Crippen LogP) is 1.27. The number of nitrogens with zero attached hydrogens (tertiary/aromatic N) is 1. The van der Waals surface area contributed by atoms with Gasteiger partial charge in [0.2, 0.25) is 0 Å². The molecule has 1 aliphatic heterocycles. The first-order valence-corrected chi connectivity index (χ1v) is 3.43. The van der Waals surface area contributed by atoms with Crippen LogP contribution >= 0.6 is 15.9 Å². The average molecular weight is 185 g/mol. The Balaban J connectivity index is 2.66. The molecule has 0 radical (unpaired) electrons. The van der Waals surface area contributed by atoms with E-state index in [1.807, 2.05) is 12.1 Å². The summed E-state index contributed by atoms with van der Waals surface area (Å²) in [6, 6.07) is 2.02. The number of alkyl halides is 1. The van der Waals surface area contributed by atoms with Crippen molar-refractivity contribution < 1.29 is 0 Å². The van der Waals surface area contributed by atoms with E-state index in [4.69, 9.17) is 5.26 Å². The molecular weight excluding hydrogens is 180 g/mol. The normalized spacial score (nSPS) is 24.0. The highest BCUT2D eigenvalue weighted by Crippen LogP contribution is 2.06. The standard InChI is InChI=1S/C6H5BrN2/c7-6-2-1-5(3-8)4-9-6/h1-2,4,6,9H. The number of allylic oxidation sites excluding steroid dienone is 2. The Morgan fingerprint density at radius 3 is 3.00 bits per heavy atom. The number of hydrogen-bond acceptors (Lipinski definition) is 2. The van der Waals surface area contributed by atoms with Crippen molar-refractivity contribution in [1.82, 2.24) is 5.32 Å². The van der Waals surface area contributed by atoms with E-state index >= 15 is 0 Å². The van der Waals surface area contributed by atoms with E-state index in [1.54, 1.807) is 12.3 Å². The summed E-state index contributed by atoms with van der Waals surface area (Å²) < 4.78 is 0. The molecule has 0 aromatic rings. The number of hydrogen-bond donors (Lipinski definition) is 1. The number of nitriles is 1. The number of dihydropyridines is 1. The molecule has 2 nitrogen and oxygen atoms in total. The Labute approximate surface area is 62.0 Å². The Hall–Kier alpha value is -0.750. The van der Waals surface area contributed by atoms with Crippen LogP contribution in [0.1, 0.15) is 0 Å². The number of rotatable bonds is 0. The first kappa shape index (κ1) is 6.37. The second-order valence-corrected chi connectivity index (χ2v) is 2.63. The molecule has 1 rings (SSSR count).